The van der Waals surface area contributed by atoms with Gasteiger partial charge in [-0.3, -0.25) is 19.2 Å². The van der Waals surface area contributed by atoms with Crippen molar-refractivity contribution in [3.63, 3.8) is 0 Å². The minimum Gasteiger partial charge on any atom is -0.289 e. The van der Waals surface area contributed by atoms with Crippen LogP contribution in [0.1, 0.15) is 88.7 Å². The molecule has 0 amide bonds. The second-order valence-corrected chi connectivity index (χ2v) is 10.0. The van der Waals surface area contributed by atoms with Gasteiger partial charge in [-0.1, -0.05) is 98.8 Å². The van der Waals surface area contributed by atoms with Gasteiger partial charge in [-0.25, -0.2) is 0 Å². The number of rotatable bonds is 3. The van der Waals surface area contributed by atoms with Gasteiger partial charge in [0.2, 0.25) is 0 Å². The van der Waals surface area contributed by atoms with Gasteiger partial charge in [0.1, 0.15) is 0 Å². The van der Waals surface area contributed by atoms with E-state index in [4.69, 9.17) is 0 Å². The van der Waals surface area contributed by atoms with E-state index in [0.717, 1.165) is 11.1 Å². The van der Waals surface area contributed by atoms with Gasteiger partial charge in [0.15, 0.2) is 23.1 Å². The molecule has 0 atom stereocenters. The Hall–Kier alpha value is -4.44. The van der Waals surface area contributed by atoms with Crippen molar-refractivity contribution in [2.75, 3.05) is 0 Å². The fourth-order valence-corrected chi connectivity index (χ4v) is 5.64. The van der Waals surface area contributed by atoms with Gasteiger partial charge >= 0.3 is 0 Å². The lowest BCUT2D eigenvalue weighted by molar-refractivity contribution is 0.0976. The molecule has 4 nitrogen and oxygen atoms in total. The number of hydrogen-bond donors (Lipinski definition) is 0. The molecule has 0 aliphatic heterocycles. The fourth-order valence-electron chi connectivity index (χ4n) is 5.64. The third kappa shape index (κ3) is 3.07. The average molecular weight is 471 g/mol. The van der Waals surface area contributed by atoms with Gasteiger partial charge in [-0.05, 0) is 23.0 Å². The summed E-state index contributed by atoms with van der Waals surface area (Å²) in [4.78, 5) is 53.5. The molecule has 0 unspecified atom stereocenters. The van der Waals surface area contributed by atoms with Crippen LogP contribution in [0.25, 0.3) is 0 Å². The van der Waals surface area contributed by atoms with Gasteiger partial charge < -0.3 is 0 Å². The van der Waals surface area contributed by atoms with Crippen LogP contribution >= 0.6 is 0 Å². The van der Waals surface area contributed by atoms with Crippen LogP contribution in [-0.4, -0.2) is 23.1 Å². The third-order valence-corrected chi connectivity index (χ3v) is 7.35. The molecule has 4 aromatic carbocycles. The van der Waals surface area contributed by atoms with Crippen molar-refractivity contribution in [1.29, 1.82) is 0 Å². The van der Waals surface area contributed by atoms with E-state index in [0.29, 0.717) is 50.9 Å². The highest BCUT2D eigenvalue weighted by Gasteiger charge is 2.37. The van der Waals surface area contributed by atoms with E-state index in [1.807, 2.05) is 26.0 Å². The Kier molecular flexibility index (Phi) is 4.77. The highest BCUT2D eigenvalue weighted by molar-refractivity contribution is 6.30. The lowest BCUT2D eigenvalue weighted by Crippen LogP contribution is -2.30. The smallest absolute Gasteiger partial charge is 0.194 e. The largest absolute Gasteiger partial charge is 0.289 e. The second-order valence-electron chi connectivity index (χ2n) is 10.0. The molecule has 0 radical (unpaired) electrons. The van der Waals surface area contributed by atoms with E-state index in [1.54, 1.807) is 72.8 Å². The Morgan fingerprint density at radius 1 is 0.472 bits per heavy atom. The van der Waals surface area contributed by atoms with Crippen molar-refractivity contribution in [1.82, 2.24) is 0 Å². The van der Waals surface area contributed by atoms with Crippen molar-refractivity contribution in [2.24, 2.45) is 0 Å². The SMILES string of the molecule is CC(C)(Cc1cccc2c1C(=O)c1ccccc1C2=O)c1cccc2c1C(=O)c1ccccc1C2=O. The van der Waals surface area contributed by atoms with Crippen LogP contribution in [0.2, 0.25) is 0 Å². The summed E-state index contributed by atoms with van der Waals surface area (Å²) >= 11 is 0. The van der Waals surface area contributed by atoms with Crippen molar-refractivity contribution in [3.05, 3.63) is 141 Å². The first-order valence-electron chi connectivity index (χ1n) is 11.9. The van der Waals surface area contributed by atoms with Gasteiger partial charge in [0.25, 0.3) is 0 Å². The maximum absolute atomic E-state index is 13.6. The molecule has 0 spiro atoms. The summed E-state index contributed by atoms with van der Waals surface area (Å²) in [6.45, 7) is 4.01. The number of fused-ring (bicyclic) bond motifs is 4. The lowest BCUT2D eigenvalue weighted by Gasteiger charge is -2.31. The Balaban J connectivity index is 1.47. The zero-order chi connectivity index (χ0) is 25.2. The minimum atomic E-state index is -0.608. The lowest BCUT2D eigenvalue weighted by atomic mass is 9.70. The molecule has 2 aliphatic carbocycles. The van der Waals surface area contributed by atoms with Crippen LogP contribution in [0.4, 0.5) is 0 Å². The maximum atomic E-state index is 13.6. The molecule has 0 saturated carbocycles. The number of ketones is 4. The number of carbonyl (C=O) groups is 4. The summed E-state index contributed by atoms with van der Waals surface area (Å²) in [6, 6.07) is 24.6. The Bertz CT molecular complexity index is 1650. The zero-order valence-electron chi connectivity index (χ0n) is 19.9. The van der Waals surface area contributed by atoms with E-state index >= 15 is 0 Å². The summed E-state index contributed by atoms with van der Waals surface area (Å²) in [6.07, 6.45) is 0.414. The first-order chi connectivity index (χ1) is 17.3. The molecule has 4 heteroatoms. The van der Waals surface area contributed by atoms with E-state index in [-0.39, 0.29) is 23.1 Å². The zero-order valence-corrected chi connectivity index (χ0v) is 19.9. The predicted molar refractivity (Wildman–Crippen MR) is 136 cm³/mol. The third-order valence-electron chi connectivity index (χ3n) is 7.35. The second kappa shape index (κ2) is 7.79. The van der Waals surface area contributed by atoms with Crippen molar-refractivity contribution in [3.8, 4) is 0 Å². The van der Waals surface area contributed by atoms with E-state index in [2.05, 4.69) is 0 Å². The normalized spacial score (nSPS) is 14.2. The summed E-state index contributed by atoms with van der Waals surface area (Å²) in [7, 11) is 0. The quantitative estimate of drug-likeness (QED) is 0.330. The predicted octanol–water partition coefficient (Wildman–Crippen LogP) is 5.76. The van der Waals surface area contributed by atoms with E-state index in [1.165, 1.54) is 0 Å². The van der Waals surface area contributed by atoms with Crippen molar-refractivity contribution >= 4 is 23.1 Å². The highest BCUT2D eigenvalue weighted by atomic mass is 16.1. The van der Waals surface area contributed by atoms with Gasteiger partial charge in [0, 0.05) is 44.5 Å². The molecule has 0 bridgehead atoms. The summed E-state index contributed by atoms with van der Waals surface area (Å²) in [5.74, 6) is -0.650. The first-order valence-corrected chi connectivity index (χ1v) is 11.9. The highest BCUT2D eigenvalue weighted by Crippen LogP contribution is 2.39. The minimum absolute atomic E-state index is 0.158. The molecule has 0 aromatic heterocycles. The average Bonchev–Trinajstić information content (AvgIpc) is 2.89. The van der Waals surface area contributed by atoms with E-state index in [9.17, 15) is 19.2 Å². The molecule has 4 aromatic rings. The van der Waals surface area contributed by atoms with Gasteiger partial charge in [-0.2, -0.15) is 0 Å². The Labute approximate surface area is 208 Å². The molecule has 0 heterocycles. The van der Waals surface area contributed by atoms with Crippen LogP contribution in [0.5, 0.6) is 0 Å². The van der Waals surface area contributed by atoms with Crippen LogP contribution in [0, 0.1) is 0 Å². The van der Waals surface area contributed by atoms with Gasteiger partial charge in [-0.15, -0.1) is 0 Å². The summed E-state index contributed by atoms with van der Waals surface area (Å²) < 4.78 is 0. The fraction of sp³-hybridized carbons (Fsp3) is 0.125. The summed E-state index contributed by atoms with van der Waals surface area (Å²) in [5, 5.41) is 0. The van der Waals surface area contributed by atoms with Crippen LogP contribution in [0.3, 0.4) is 0 Å². The van der Waals surface area contributed by atoms with Crippen molar-refractivity contribution < 1.29 is 19.2 Å². The number of benzene rings is 4. The molecule has 0 saturated heterocycles. The topological polar surface area (TPSA) is 68.3 Å². The van der Waals surface area contributed by atoms with Crippen LogP contribution < -0.4 is 0 Å². The molecular weight excluding hydrogens is 448 g/mol. The molecule has 36 heavy (non-hydrogen) atoms. The van der Waals surface area contributed by atoms with Crippen LogP contribution in [0.15, 0.2) is 84.9 Å². The maximum Gasteiger partial charge on any atom is 0.194 e. The Morgan fingerprint density at radius 2 is 0.889 bits per heavy atom. The number of hydrogen-bond acceptors (Lipinski definition) is 4. The molecule has 0 fully saturated rings. The molecule has 2 aliphatic rings. The number of carbonyl (C=O) groups excluding carboxylic acids is 4. The monoisotopic (exact) mass is 470 g/mol. The molecule has 0 N–H and O–H groups in total. The standard InChI is InChI=1S/C32H22O4/c1-32(2,25-16-8-15-24-27(25)31(36)22-13-6-4-11-20(22)29(24)34)17-18-9-7-14-23-26(18)30(35)21-12-5-3-10-19(21)28(23)33/h3-16H,17H2,1-2H3. The first kappa shape index (κ1) is 22.1. The Morgan fingerprint density at radius 3 is 1.44 bits per heavy atom. The summed E-state index contributed by atoms with van der Waals surface area (Å²) in [5.41, 5.74) is 4.21. The molecule has 174 valence electrons. The molecular formula is C32H22O4. The molecule has 6 rings (SSSR count). The van der Waals surface area contributed by atoms with Crippen LogP contribution in [-0.2, 0) is 11.8 Å². The van der Waals surface area contributed by atoms with Crippen molar-refractivity contribution in [2.45, 2.75) is 25.7 Å². The van der Waals surface area contributed by atoms with Gasteiger partial charge in [0.05, 0.1) is 0 Å². The van der Waals surface area contributed by atoms with E-state index < -0.39 is 5.41 Å².